The molecule has 0 amide bonds. The lowest BCUT2D eigenvalue weighted by molar-refractivity contribution is -0.0312. The molecule has 0 spiro atoms. The van der Waals surface area contributed by atoms with Gasteiger partial charge in [-0.25, -0.2) is 0 Å². The summed E-state index contributed by atoms with van der Waals surface area (Å²) in [5.41, 5.74) is 2.64. The maximum absolute atomic E-state index is 5.86. The van der Waals surface area contributed by atoms with E-state index >= 15 is 0 Å². The molecule has 0 N–H and O–H groups in total. The molecule has 0 aromatic heterocycles. The van der Waals surface area contributed by atoms with Crippen molar-refractivity contribution in [2.75, 3.05) is 38.2 Å². The molecule has 3 aliphatic rings. The highest BCUT2D eigenvalue weighted by molar-refractivity contribution is 5.48. The largest absolute Gasteiger partial charge is 0.373 e. The lowest BCUT2D eigenvalue weighted by atomic mass is 10.2. The predicted octanol–water partition coefficient (Wildman–Crippen LogP) is 1.51. The average molecular weight is 232 g/mol. The fourth-order valence-electron chi connectivity index (χ4n) is 2.74. The zero-order valence-corrected chi connectivity index (χ0v) is 10.6. The van der Waals surface area contributed by atoms with Gasteiger partial charge in [0.05, 0.1) is 18.8 Å². The molecule has 2 bridgehead atoms. The third kappa shape index (κ3) is 2.17. The van der Waals surface area contributed by atoms with E-state index in [1.807, 2.05) is 0 Å². The molecule has 1 aromatic rings. The van der Waals surface area contributed by atoms with Crippen molar-refractivity contribution >= 4 is 5.69 Å². The van der Waals surface area contributed by atoms with Crippen LogP contribution in [0.5, 0.6) is 0 Å². The van der Waals surface area contributed by atoms with Gasteiger partial charge in [-0.2, -0.15) is 0 Å². The Balaban J connectivity index is 1.82. The number of anilines is 1. The zero-order valence-electron chi connectivity index (χ0n) is 10.6. The van der Waals surface area contributed by atoms with Crippen molar-refractivity contribution < 1.29 is 4.74 Å². The van der Waals surface area contributed by atoms with Gasteiger partial charge in [0.1, 0.15) is 0 Å². The Bertz CT molecular complexity index is 390. The lowest BCUT2D eigenvalue weighted by Crippen LogP contribution is -2.46. The van der Waals surface area contributed by atoms with E-state index in [-0.39, 0.29) is 0 Å². The van der Waals surface area contributed by atoms with E-state index in [9.17, 15) is 0 Å². The fraction of sp³-hybridized carbons (Fsp3) is 0.571. The van der Waals surface area contributed by atoms with E-state index in [1.54, 1.807) is 0 Å². The molecule has 4 rings (SSSR count). The van der Waals surface area contributed by atoms with Crippen LogP contribution in [0.3, 0.4) is 0 Å². The second kappa shape index (κ2) is 4.31. The number of aryl methyl sites for hydroxylation is 1. The number of likely N-dealkylation sites (N-methyl/N-ethyl adjacent to an activating group) is 1. The molecule has 1 aromatic carbocycles. The zero-order chi connectivity index (χ0) is 11.8. The normalized spacial score (nSPS) is 29.4. The molecule has 2 atom stereocenters. The molecule has 0 aliphatic carbocycles. The van der Waals surface area contributed by atoms with E-state index < -0.39 is 0 Å². The van der Waals surface area contributed by atoms with E-state index in [4.69, 9.17) is 4.74 Å². The summed E-state index contributed by atoms with van der Waals surface area (Å²) in [6, 6.07) is 9.36. The van der Waals surface area contributed by atoms with Crippen LogP contribution in [-0.4, -0.2) is 50.3 Å². The summed E-state index contributed by atoms with van der Waals surface area (Å²) < 4.78 is 5.86. The summed E-state index contributed by atoms with van der Waals surface area (Å²) in [6.07, 6.45) is 0.361. The van der Waals surface area contributed by atoms with Gasteiger partial charge >= 0.3 is 0 Å². The van der Waals surface area contributed by atoms with Crippen LogP contribution in [0.4, 0.5) is 5.69 Å². The summed E-state index contributed by atoms with van der Waals surface area (Å²) in [4.78, 5) is 4.90. The van der Waals surface area contributed by atoms with Crippen LogP contribution >= 0.6 is 0 Å². The van der Waals surface area contributed by atoms with Crippen LogP contribution < -0.4 is 4.90 Å². The van der Waals surface area contributed by atoms with Gasteiger partial charge in [-0.3, -0.25) is 4.90 Å². The van der Waals surface area contributed by atoms with Crippen molar-refractivity contribution in [3.8, 4) is 0 Å². The first-order valence-electron chi connectivity index (χ1n) is 6.36. The number of rotatable bonds is 1. The Labute approximate surface area is 103 Å². The fourth-order valence-corrected chi connectivity index (χ4v) is 2.74. The second-order valence-electron chi connectivity index (χ2n) is 5.29. The van der Waals surface area contributed by atoms with Crippen LogP contribution in [-0.2, 0) is 4.74 Å². The smallest absolute Gasteiger partial charge is 0.0877 e. The van der Waals surface area contributed by atoms with Gasteiger partial charge in [0.2, 0.25) is 0 Å². The van der Waals surface area contributed by atoms with Gasteiger partial charge in [0.15, 0.2) is 0 Å². The summed E-state index contributed by atoms with van der Waals surface area (Å²) in [5, 5.41) is 0. The molecule has 3 saturated heterocycles. The standard InChI is InChI=1S/C14H20N2O/c1-11-3-5-12(6-4-11)16-7-13-10-17-14(9-16)8-15(13)2/h3-6,13-14H,7-10H2,1-2H3. The highest BCUT2D eigenvalue weighted by Gasteiger charge is 2.33. The molecule has 3 heteroatoms. The predicted molar refractivity (Wildman–Crippen MR) is 69.6 cm³/mol. The number of benzene rings is 1. The lowest BCUT2D eigenvalue weighted by Gasteiger charge is -2.32. The molecule has 3 fully saturated rings. The summed E-state index contributed by atoms with van der Waals surface area (Å²) in [7, 11) is 2.21. The van der Waals surface area contributed by atoms with Crippen LogP contribution in [0, 0.1) is 6.92 Å². The van der Waals surface area contributed by atoms with Crippen LogP contribution in [0.15, 0.2) is 24.3 Å². The Morgan fingerprint density at radius 3 is 2.59 bits per heavy atom. The molecule has 3 nitrogen and oxygen atoms in total. The Hall–Kier alpha value is -1.06. The molecule has 0 saturated carbocycles. The minimum atomic E-state index is 0.361. The van der Waals surface area contributed by atoms with Gasteiger partial charge in [0, 0.05) is 25.3 Å². The molecular weight excluding hydrogens is 212 g/mol. The number of fused-ring (bicyclic) bond motifs is 4. The van der Waals surface area contributed by atoms with Gasteiger partial charge in [-0.15, -0.1) is 0 Å². The summed E-state index contributed by atoms with van der Waals surface area (Å²) in [5.74, 6) is 0. The highest BCUT2D eigenvalue weighted by atomic mass is 16.5. The monoisotopic (exact) mass is 232 g/mol. The Kier molecular flexibility index (Phi) is 2.81. The van der Waals surface area contributed by atoms with Gasteiger partial charge in [-0.05, 0) is 26.1 Å². The van der Waals surface area contributed by atoms with Gasteiger partial charge in [0.25, 0.3) is 0 Å². The molecule has 17 heavy (non-hydrogen) atoms. The topological polar surface area (TPSA) is 15.7 Å². The number of morpholine rings is 1. The first-order valence-corrected chi connectivity index (χ1v) is 6.36. The number of hydrogen-bond acceptors (Lipinski definition) is 3. The van der Waals surface area contributed by atoms with Gasteiger partial charge in [-0.1, -0.05) is 17.7 Å². The van der Waals surface area contributed by atoms with E-state index in [0.717, 1.165) is 26.2 Å². The van der Waals surface area contributed by atoms with Crippen molar-refractivity contribution in [2.24, 2.45) is 0 Å². The second-order valence-corrected chi connectivity index (χ2v) is 5.29. The summed E-state index contributed by atoms with van der Waals surface area (Å²) >= 11 is 0. The number of hydrogen-bond donors (Lipinski definition) is 0. The Morgan fingerprint density at radius 2 is 1.88 bits per heavy atom. The molecule has 2 unspecified atom stereocenters. The summed E-state index contributed by atoms with van der Waals surface area (Å²) in [6.45, 7) is 6.17. The molecular formula is C14H20N2O. The minimum Gasteiger partial charge on any atom is -0.373 e. The van der Waals surface area contributed by atoms with Crippen molar-refractivity contribution in [1.29, 1.82) is 0 Å². The molecule has 3 heterocycles. The number of ether oxygens (including phenoxy) is 1. The SMILES string of the molecule is Cc1ccc(N2CC3CN(C)C(CO3)C2)cc1. The average Bonchev–Trinajstić information content (AvgIpc) is 2.61. The van der Waals surface area contributed by atoms with Crippen LogP contribution in [0.1, 0.15) is 5.56 Å². The molecule has 0 radical (unpaired) electrons. The highest BCUT2D eigenvalue weighted by Crippen LogP contribution is 2.23. The van der Waals surface area contributed by atoms with Crippen LogP contribution in [0.25, 0.3) is 0 Å². The first-order chi connectivity index (χ1) is 8.22. The van der Waals surface area contributed by atoms with Crippen LogP contribution in [0.2, 0.25) is 0 Å². The van der Waals surface area contributed by atoms with Crippen molar-refractivity contribution in [1.82, 2.24) is 4.90 Å². The van der Waals surface area contributed by atoms with Crippen molar-refractivity contribution in [3.05, 3.63) is 29.8 Å². The van der Waals surface area contributed by atoms with E-state index in [1.165, 1.54) is 11.3 Å². The number of nitrogens with zero attached hydrogens (tertiary/aromatic N) is 2. The van der Waals surface area contributed by atoms with Crippen molar-refractivity contribution in [2.45, 2.75) is 19.1 Å². The Morgan fingerprint density at radius 1 is 1.12 bits per heavy atom. The maximum atomic E-state index is 5.86. The van der Waals surface area contributed by atoms with E-state index in [0.29, 0.717) is 12.1 Å². The molecule has 92 valence electrons. The quantitative estimate of drug-likeness (QED) is 0.730. The third-order valence-corrected chi connectivity index (χ3v) is 3.89. The first kappa shape index (κ1) is 11.1. The minimum absolute atomic E-state index is 0.361. The van der Waals surface area contributed by atoms with E-state index in [2.05, 4.69) is 48.0 Å². The molecule has 3 aliphatic heterocycles. The van der Waals surface area contributed by atoms with Gasteiger partial charge < -0.3 is 9.64 Å². The maximum Gasteiger partial charge on any atom is 0.0877 e. The van der Waals surface area contributed by atoms with Crippen molar-refractivity contribution in [3.63, 3.8) is 0 Å². The third-order valence-electron chi connectivity index (χ3n) is 3.89.